The number of nitrogens with one attached hydrogen (secondary N) is 1. The first kappa shape index (κ1) is 12.9. The molecule has 1 saturated carbocycles. The van der Waals surface area contributed by atoms with Crippen molar-refractivity contribution in [1.82, 2.24) is 5.32 Å². The quantitative estimate of drug-likeness (QED) is 0.837. The maximum atomic E-state index is 5.89. The van der Waals surface area contributed by atoms with Crippen molar-refractivity contribution in [2.75, 3.05) is 0 Å². The monoisotopic (exact) mass is 251 g/mol. The largest absolute Gasteiger partial charge is 0.310 e. The zero-order valence-corrected chi connectivity index (χ0v) is 11.3. The second-order valence-electron chi connectivity index (χ2n) is 5.07. The molecule has 0 spiro atoms. The van der Waals surface area contributed by atoms with Crippen molar-refractivity contribution in [3.63, 3.8) is 0 Å². The fourth-order valence-corrected chi connectivity index (χ4v) is 2.94. The van der Waals surface area contributed by atoms with Crippen LogP contribution in [0.1, 0.15) is 44.6 Å². The Hall–Kier alpha value is -0.530. The molecule has 17 heavy (non-hydrogen) atoms. The van der Waals surface area contributed by atoms with Crippen LogP contribution in [0.4, 0.5) is 0 Å². The number of benzene rings is 1. The Balaban J connectivity index is 1.86. The van der Waals surface area contributed by atoms with E-state index in [9.17, 15) is 0 Å². The van der Waals surface area contributed by atoms with E-state index in [1.165, 1.54) is 37.7 Å². The third kappa shape index (κ3) is 3.72. The molecular weight excluding hydrogens is 230 g/mol. The predicted octanol–water partition coefficient (Wildman–Crippen LogP) is 4.40. The van der Waals surface area contributed by atoms with E-state index in [-0.39, 0.29) is 0 Å². The zero-order chi connectivity index (χ0) is 12.1. The molecule has 1 aromatic carbocycles. The predicted molar refractivity (Wildman–Crippen MR) is 74.3 cm³/mol. The molecule has 2 heteroatoms. The first-order valence-corrected chi connectivity index (χ1v) is 7.15. The van der Waals surface area contributed by atoms with Gasteiger partial charge in [-0.2, -0.15) is 0 Å². The van der Waals surface area contributed by atoms with Gasteiger partial charge in [-0.25, -0.2) is 0 Å². The zero-order valence-electron chi connectivity index (χ0n) is 10.6. The molecule has 1 aliphatic rings. The van der Waals surface area contributed by atoms with Crippen LogP contribution in [0, 0.1) is 5.92 Å². The minimum atomic E-state index is 0.712. The highest BCUT2D eigenvalue weighted by molar-refractivity contribution is 6.30. The second kappa shape index (κ2) is 6.42. The normalized spacial score (nSPS) is 24.8. The average molecular weight is 252 g/mol. The molecule has 1 N–H and O–H groups in total. The molecule has 2 rings (SSSR count). The summed E-state index contributed by atoms with van der Waals surface area (Å²) in [5.74, 6) is 0.871. The topological polar surface area (TPSA) is 12.0 Å². The van der Waals surface area contributed by atoms with Crippen molar-refractivity contribution in [2.45, 2.75) is 51.6 Å². The molecule has 0 aromatic heterocycles. The van der Waals surface area contributed by atoms with E-state index in [0.717, 1.165) is 17.5 Å². The standard InChI is InChI=1S/C15H22ClN/c1-2-13-5-3-4-6-15(13)17-11-12-7-9-14(16)10-8-12/h7-10,13,15,17H,2-6,11H2,1H3. The van der Waals surface area contributed by atoms with Crippen LogP contribution in [0.25, 0.3) is 0 Å². The van der Waals surface area contributed by atoms with Gasteiger partial charge in [0, 0.05) is 17.6 Å². The Morgan fingerprint density at radius 1 is 1.18 bits per heavy atom. The van der Waals surface area contributed by atoms with Gasteiger partial charge in [-0.15, -0.1) is 0 Å². The lowest BCUT2D eigenvalue weighted by Crippen LogP contribution is -2.37. The number of halogens is 1. The minimum Gasteiger partial charge on any atom is -0.310 e. The van der Waals surface area contributed by atoms with E-state index in [4.69, 9.17) is 11.6 Å². The van der Waals surface area contributed by atoms with E-state index < -0.39 is 0 Å². The Morgan fingerprint density at radius 3 is 2.59 bits per heavy atom. The lowest BCUT2D eigenvalue weighted by molar-refractivity contribution is 0.254. The first-order valence-electron chi connectivity index (χ1n) is 6.77. The molecule has 0 aliphatic heterocycles. The second-order valence-corrected chi connectivity index (χ2v) is 5.50. The van der Waals surface area contributed by atoms with E-state index in [1.54, 1.807) is 0 Å². The van der Waals surface area contributed by atoms with Crippen LogP contribution in [-0.2, 0) is 6.54 Å². The van der Waals surface area contributed by atoms with Crippen LogP contribution in [0.3, 0.4) is 0 Å². The fourth-order valence-electron chi connectivity index (χ4n) is 2.82. The van der Waals surface area contributed by atoms with Gasteiger partial charge < -0.3 is 5.32 Å². The van der Waals surface area contributed by atoms with Gasteiger partial charge in [-0.3, -0.25) is 0 Å². The van der Waals surface area contributed by atoms with Gasteiger partial charge in [0.2, 0.25) is 0 Å². The molecule has 2 atom stereocenters. The van der Waals surface area contributed by atoms with Crippen LogP contribution in [0.5, 0.6) is 0 Å². The van der Waals surface area contributed by atoms with E-state index in [2.05, 4.69) is 24.4 Å². The molecule has 1 nitrogen and oxygen atoms in total. The molecular formula is C15H22ClN. The molecule has 1 fully saturated rings. The van der Waals surface area contributed by atoms with Crippen LogP contribution in [0.2, 0.25) is 5.02 Å². The molecule has 0 saturated heterocycles. The van der Waals surface area contributed by atoms with Gasteiger partial charge in [0.15, 0.2) is 0 Å². The van der Waals surface area contributed by atoms with Crippen molar-refractivity contribution in [3.8, 4) is 0 Å². The summed E-state index contributed by atoms with van der Waals surface area (Å²) in [7, 11) is 0. The SMILES string of the molecule is CCC1CCCCC1NCc1ccc(Cl)cc1. The van der Waals surface area contributed by atoms with Crippen LogP contribution in [-0.4, -0.2) is 6.04 Å². The molecule has 0 radical (unpaired) electrons. The highest BCUT2D eigenvalue weighted by Crippen LogP contribution is 2.27. The summed E-state index contributed by atoms with van der Waals surface area (Å²) in [4.78, 5) is 0. The van der Waals surface area contributed by atoms with Gasteiger partial charge in [0.05, 0.1) is 0 Å². The maximum Gasteiger partial charge on any atom is 0.0406 e. The molecule has 0 heterocycles. The summed E-state index contributed by atoms with van der Waals surface area (Å²) in [6.45, 7) is 3.28. The Morgan fingerprint density at radius 2 is 1.88 bits per heavy atom. The van der Waals surface area contributed by atoms with Crippen molar-refractivity contribution >= 4 is 11.6 Å². The smallest absolute Gasteiger partial charge is 0.0406 e. The Kier molecular flexibility index (Phi) is 4.87. The van der Waals surface area contributed by atoms with E-state index in [1.807, 2.05) is 12.1 Å². The Labute approximate surface area is 110 Å². The highest BCUT2D eigenvalue weighted by Gasteiger charge is 2.22. The van der Waals surface area contributed by atoms with Crippen molar-refractivity contribution < 1.29 is 0 Å². The number of hydrogen-bond donors (Lipinski definition) is 1. The van der Waals surface area contributed by atoms with Crippen molar-refractivity contribution in [3.05, 3.63) is 34.9 Å². The highest BCUT2D eigenvalue weighted by atomic mass is 35.5. The van der Waals surface area contributed by atoms with Crippen LogP contribution in [0.15, 0.2) is 24.3 Å². The molecule has 2 unspecified atom stereocenters. The minimum absolute atomic E-state index is 0.712. The molecule has 1 aliphatic carbocycles. The van der Waals surface area contributed by atoms with Crippen molar-refractivity contribution in [2.24, 2.45) is 5.92 Å². The van der Waals surface area contributed by atoms with Crippen LogP contribution >= 0.6 is 11.6 Å². The van der Waals surface area contributed by atoms with Gasteiger partial charge in [0.25, 0.3) is 0 Å². The first-order chi connectivity index (χ1) is 8.29. The summed E-state index contributed by atoms with van der Waals surface area (Å²) >= 11 is 5.89. The van der Waals surface area contributed by atoms with Gasteiger partial charge in [-0.05, 0) is 36.5 Å². The summed E-state index contributed by atoms with van der Waals surface area (Å²) in [5.41, 5.74) is 1.33. The Bertz CT molecular complexity index is 333. The third-order valence-electron chi connectivity index (χ3n) is 3.92. The summed E-state index contributed by atoms with van der Waals surface area (Å²) in [5, 5.41) is 4.53. The third-order valence-corrected chi connectivity index (χ3v) is 4.17. The summed E-state index contributed by atoms with van der Waals surface area (Å²) < 4.78 is 0. The van der Waals surface area contributed by atoms with E-state index >= 15 is 0 Å². The summed E-state index contributed by atoms with van der Waals surface area (Å²) in [6, 6.07) is 8.87. The fraction of sp³-hybridized carbons (Fsp3) is 0.600. The molecule has 1 aromatic rings. The van der Waals surface area contributed by atoms with Gasteiger partial charge in [-0.1, -0.05) is 49.9 Å². The maximum absolute atomic E-state index is 5.89. The van der Waals surface area contributed by atoms with Crippen LogP contribution < -0.4 is 5.32 Å². The number of hydrogen-bond acceptors (Lipinski definition) is 1. The lowest BCUT2D eigenvalue weighted by Gasteiger charge is -2.31. The van der Waals surface area contributed by atoms with Crippen molar-refractivity contribution in [1.29, 1.82) is 0 Å². The molecule has 94 valence electrons. The number of rotatable bonds is 4. The van der Waals surface area contributed by atoms with Gasteiger partial charge in [0.1, 0.15) is 0 Å². The average Bonchev–Trinajstić information content (AvgIpc) is 2.38. The molecule has 0 amide bonds. The molecule has 0 bridgehead atoms. The van der Waals surface area contributed by atoms with Gasteiger partial charge >= 0.3 is 0 Å². The lowest BCUT2D eigenvalue weighted by atomic mass is 9.83. The summed E-state index contributed by atoms with van der Waals surface area (Å²) in [6.07, 6.45) is 6.84. The van der Waals surface area contributed by atoms with E-state index in [0.29, 0.717) is 6.04 Å².